The minimum absolute atomic E-state index is 0.00113. The van der Waals surface area contributed by atoms with Crippen molar-refractivity contribution in [2.24, 2.45) is 0 Å². The Bertz CT molecular complexity index is 1230. The van der Waals surface area contributed by atoms with Crippen molar-refractivity contribution in [3.05, 3.63) is 38.5 Å². The number of aliphatic hydroxyl groups is 1. The van der Waals surface area contributed by atoms with Gasteiger partial charge in [0.15, 0.2) is 16.8 Å². The van der Waals surface area contributed by atoms with E-state index >= 15 is 0 Å². The third-order valence-corrected chi connectivity index (χ3v) is 6.90. The van der Waals surface area contributed by atoms with E-state index in [4.69, 9.17) is 13.9 Å². The number of benzene rings is 2. The molecule has 5 rings (SSSR count). The van der Waals surface area contributed by atoms with Gasteiger partial charge in [0, 0.05) is 28.7 Å². The molecular formula is C23H24O6. The fourth-order valence-corrected chi connectivity index (χ4v) is 4.85. The van der Waals surface area contributed by atoms with Gasteiger partial charge in [-0.3, -0.25) is 4.79 Å². The highest BCUT2D eigenvalue weighted by atomic mass is 16.5. The average Bonchev–Trinajstić information content (AvgIpc) is 2.89. The maximum atomic E-state index is 12.6. The van der Waals surface area contributed by atoms with Crippen molar-refractivity contribution in [3.63, 3.8) is 0 Å². The summed E-state index contributed by atoms with van der Waals surface area (Å²) < 4.78 is 18.4. The Kier molecular flexibility index (Phi) is 3.44. The Morgan fingerprint density at radius 3 is 2.45 bits per heavy atom. The number of aromatic hydroxyl groups is 1. The van der Waals surface area contributed by atoms with E-state index in [-0.39, 0.29) is 28.8 Å². The van der Waals surface area contributed by atoms with Crippen molar-refractivity contribution in [1.29, 1.82) is 0 Å². The molecule has 6 nitrogen and oxygen atoms in total. The van der Waals surface area contributed by atoms with Crippen molar-refractivity contribution in [2.75, 3.05) is 0 Å². The standard InChI is InChI=1S/C23H24O6/c1-8-11(4)27-20-16-14(7-13(24)9(2)15(8)16)29-21-17(20)19(25)10(3)18-22(21)28-12(5)23(18,6)26/h7-8,11-12,25-26H,1-6H3/t8?,11?,12-,23+/m1/s1. The number of phenols is 1. The lowest BCUT2D eigenvalue weighted by Crippen LogP contribution is -2.32. The fraction of sp³-hybridized carbons (Fsp3) is 0.435. The zero-order chi connectivity index (χ0) is 21.0. The van der Waals surface area contributed by atoms with Crippen molar-refractivity contribution >= 4 is 11.0 Å². The topological polar surface area (TPSA) is 89.1 Å². The monoisotopic (exact) mass is 396 g/mol. The van der Waals surface area contributed by atoms with Crippen LogP contribution in [-0.2, 0) is 5.60 Å². The van der Waals surface area contributed by atoms with Crippen molar-refractivity contribution in [1.82, 2.24) is 0 Å². The molecule has 4 aliphatic rings. The zero-order valence-electron chi connectivity index (χ0n) is 17.3. The van der Waals surface area contributed by atoms with E-state index in [0.717, 1.165) is 5.56 Å². The van der Waals surface area contributed by atoms with Crippen LogP contribution in [0.4, 0.5) is 0 Å². The summed E-state index contributed by atoms with van der Waals surface area (Å²) in [6, 6.07) is 1.46. The minimum atomic E-state index is -1.28. The smallest absolute Gasteiger partial charge is 0.185 e. The molecule has 0 aromatic heterocycles. The molecule has 2 N–H and O–H groups in total. The summed E-state index contributed by atoms with van der Waals surface area (Å²) in [6.45, 7) is 11.0. The number of hydrogen-bond donors (Lipinski definition) is 2. The number of ether oxygens (including phenoxy) is 2. The van der Waals surface area contributed by atoms with E-state index in [9.17, 15) is 15.0 Å². The molecule has 0 saturated carbocycles. The van der Waals surface area contributed by atoms with Crippen LogP contribution < -0.4 is 14.9 Å². The van der Waals surface area contributed by atoms with Gasteiger partial charge in [0.1, 0.15) is 40.5 Å². The van der Waals surface area contributed by atoms with E-state index in [1.807, 2.05) is 20.8 Å². The van der Waals surface area contributed by atoms with Gasteiger partial charge in [0.05, 0.1) is 5.56 Å². The van der Waals surface area contributed by atoms with Gasteiger partial charge in [-0.2, -0.15) is 0 Å². The van der Waals surface area contributed by atoms with Crippen molar-refractivity contribution in [3.8, 4) is 28.6 Å². The second kappa shape index (κ2) is 5.45. The fourth-order valence-electron chi connectivity index (χ4n) is 4.85. The molecule has 1 aromatic rings. The first-order valence-corrected chi connectivity index (χ1v) is 9.91. The van der Waals surface area contributed by atoms with Gasteiger partial charge in [-0.15, -0.1) is 0 Å². The molecule has 6 heteroatoms. The van der Waals surface area contributed by atoms with Crippen LogP contribution in [0.5, 0.6) is 17.2 Å². The molecule has 0 radical (unpaired) electrons. The van der Waals surface area contributed by atoms with E-state index in [0.29, 0.717) is 44.9 Å². The summed E-state index contributed by atoms with van der Waals surface area (Å²) in [6.07, 6.45) is -0.709. The van der Waals surface area contributed by atoms with Gasteiger partial charge >= 0.3 is 0 Å². The van der Waals surface area contributed by atoms with Crippen LogP contribution in [0.3, 0.4) is 0 Å². The Morgan fingerprint density at radius 1 is 1.07 bits per heavy atom. The molecule has 4 atom stereocenters. The zero-order valence-corrected chi connectivity index (χ0v) is 17.3. The highest BCUT2D eigenvalue weighted by Gasteiger charge is 2.46. The Hall–Kier alpha value is -2.73. The van der Waals surface area contributed by atoms with Gasteiger partial charge in [0.25, 0.3) is 0 Å². The highest BCUT2D eigenvalue weighted by Crippen LogP contribution is 2.57. The molecule has 1 aromatic carbocycles. The molecule has 0 spiro atoms. The SMILES string of the molecule is Cc1c2c(c3oc4cc(=O)c(C)c5c-4c(c3c1O)OC(C)C5C)O[C@H](C)[C@]2(C)O. The van der Waals surface area contributed by atoms with Crippen LogP contribution in [0.2, 0.25) is 0 Å². The van der Waals surface area contributed by atoms with Crippen LogP contribution in [0.1, 0.15) is 55.9 Å². The first-order valence-electron chi connectivity index (χ1n) is 9.91. The molecule has 152 valence electrons. The predicted octanol–water partition coefficient (Wildman–Crippen LogP) is 4.09. The summed E-state index contributed by atoms with van der Waals surface area (Å²) in [5.41, 5.74) is 2.21. The molecule has 1 aliphatic carbocycles. The van der Waals surface area contributed by atoms with E-state index in [1.165, 1.54) is 6.07 Å². The molecular weight excluding hydrogens is 372 g/mol. The van der Waals surface area contributed by atoms with Crippen LogP contribution in [0.25, 0.3) is 22.3 Å². The van der Waals surface area contributed by atoms with Gasteiger partial charge in [-0.05, 0) is 40.2 Å². The molecule has 29 heavy (non-hydrogen) atoms. The van der Waals surface area contributed by atoms with Crippen molar-refractivity contribution in [2.45, 2.75) is 65.3 Å². The normalized spacial score (nSPS) is 27.8. The molecule has 3 aliphatic heterocycles. The average molecular weight is 396 g/mol. The minimum Gasteiger partial charge on any atom is -0.507 e. The van der Waals surface area contributed by atoms with Crippen LogP contribution >= 0.6 is 0 Å². The van der Waals surface area contributed by atoms with Crippen LogP contribution in [0.15, 0.2) is 15.3 Å². The van der Waals surface area contributed by atoms with E-state index < -0.39 is 11.7 Å². The number of phenolic OH excluding ortho intramolecular Hbond substituents is 1. The van der Waals surface area contributed by atoms with Gasteiger partial charge in [0.2, 0.25) is 0 Å². The Balaban J connectivity index is 2.04. The molecule has 0 amide bonds. The predicted molar refractivity (Wildman–Crippen MR) is 108 cm³/mol. The second-order valence-corrected chi connectivity index (χ2v) is 8.62. The van der Waals surface area contributed by atoms with Crippen molar-refractivity contribution < 1.29 is 24.1 Å². The largest absolute Gasteiger partial charge is 0.507 e. The second-order valence-electron chi connectivity index (χ2n) is 8.62. The summed E-state index contributed by atoms with van der Waals surface area (Å²) in [5, 5.41) is 22.5. The van der Waals surface area contributed by atoms with Crippen LogP contribution in [-0.4, -0.2) is 22.4 Å². The maximum Gasteiger partial charge on any atom is 0.185 e. The summed E-state index contributed by atoms with van der Waals surface area (Å²) in [7, 11) is 0. The highest BCUT2D eigenvalue weighted by molar-refractivity contribution is 6.02. The van der Waals surface area contributed by atoms with Crippen LogP contribution in [0, 0.1) is 13.8 Å². The third kappa shape index (κ3) is 2.07. The quantitative estimate of drug-likeness (QED) is 0.556. The summed E-state index contributed by atoms with van der Waals surface area (Å²) in [5.74, 6) is 1.27. The van der Waals surface area contributed by atoms with E-state index in [1.54, 1.807) is 20.8 Å². The lowest BCUT2D eigenvalue weighted by Gasteiger charge is -2.33. The van der Waals surface area contributed by atoms with E-state index in [2.05, 4.69) is 0 Å². The third-order valence-electron chi connectivity index (χ3n) is 6.90. The molecule has 3 heterocycles. The number of hydrogen-bond acceptors (Lipinski definition) is 6. The lowest BCUT2D eigenvalue weighted by atomic mass is 9.82. The number of rotatable bonds is 0. The summed E-state index contributed by atoms with van der Waals surface area (Å²) in [4.78, 5) is 12.6. The number of fused-ring (bicyclic) bond motifs is 4. The molecule has 2 unspecified atom stereocenters. The summed E-state index contributed by atoms with van der Waals surface area (Å²) >= 11 is 0. The van der Waals surface area contributed by atoms with Gasteiger partial charge < -0.3 is 24.1 Å². The molecule has 0 fully saturated rings. The molecule has 0 saturated heterocycles. The first-order chi connectivity index (χ1) is 13.6. The van der Waals surface area contributed by atoms with Gasteiger partial charge in [-0.1, -0.05) is 6.92 Å². The first kappa shape index (κ1) is 18.3. The van der Waals surface area contributed by atoms with Gasteiger partial charge in [-0.25, -0.2) is 0 Å². The maximum absolute atomic E-state index is 12.6. The Labute approximate surface area is 168 Å². The Morgan fingerprint density at radius 2 is 1.76 bits per heavy atom. The lowest BCUT2D eigenvalue weighted by molar-refractivity contribution is -0.0154. The molecule has 0 bridgehead atoms.